The Kier molecular flexibility index (Phi) is 8.20. The number of hydrogen-bond donors (Lipinski definition) is 1. The monoisotopic (exact) mass is 508 g/mol. The first-order chi connectivity index (χ1) is 17.4. The van der Waals surface area contributed by atoms with Gasteiger partial charge in [0.1, 0.15) is 12.6 Å². The molecular formula is C27H32N4O4S. The number of benzene rings is 2. The summed E-state index contributed by atoms with van der Waals surface area (Å²) in [6.07, 6.45) is 1.01. The van der Waals surface area contributed by atoms with Crippen LogP contribution in [0, 0.1) is 6.92 Å². The van der Waals surface area contributed by atoms with Crippen LogP contribution in [0.1, 0.15) is 49.9 Å². The molecule has 0 amide bonds. The molecule has 1 atom stereocenters. The highest BCUT2D eigenvalue weighted by Crippen LogP contribution is 2.40. The smallest absolute Gasteiger partial charge is 0.338 e. The van der Waals surface area contributed by atoms with Crippen LogP contribution in [0.5, 0.6) is 11.5 Å². The van der Waals surface area contributed by atoms with Gasteiger partial charge in [0.05, 0.1) is 19.3 Å². The van der Waals surface area contributed by atoms with Crippen molar-refractivity contribution >= 4 is 23.7 Å². The lowest BCUT2D eigenvalue weighted by atomic mass is 9.95. The molecule has 1 aliphatic heterocycles. The molecule has 0 bridgehead atoms. The molecule has 0 saturated heterocycles. The van der Waals surface area contributed by atoms with Gasteiger partial charge in [-0.2, -0.15) is 4.98 Å². The number of nitrogens with one attached hydrogen (secondary N) is 1. The lowest BCUT2D eigenvalue weighted by Crippen LogP contribution is -2.29. The SMILES string of the molecule is CCCSc1nc2n(n1)C(c1ccc(OCc3cccc(C)c3)c(OCC)c1)C(C(=O)OC)=C(C)N2. The minimum absolute atomic E-state index is 0.423. The van der Waals surface area contributed by atoms with Crippen molar-refractivity contribution in [1.82, 2.24) is 14.8 Å². The van der Waals surface area contributed by atoms with Crippen molar-refractivity contribution in [3.8, 4) is 11.5 Å². The Bertz CT molecular complexity index is 1270. The Morgan fingerprint density at radius 1 is 1.11 bits per heavy atom. The highest BCUT2D eigenvalue weighted by Gasteiger charge is 2.35. The van der Waals surface area contributed by atoms with Crippen molar-refractivity contribution in [2.24, 2.45) is 0 Å². The zero-order valence-electron chi connectivity index (χ0n) is 21.3. The molecule has 0 aliphatic carbocycles. The molecule has 0 saturated carbocycles. The van der Waals surface area contributed by atoms with Crippen LogP contribution in [0.4, 0.5) is 5.95 Å². The molecule has 9 heteroatoms. The minimum atomic E-state index is -0.526. The quantitative estimate of drug-likeness (QED) is 0.283. The minimum Gasteiger partial charge on any atom is -0.490 e. The molecule has 0 fully saturated rings. The first-order valence-electron chi connectivity index (χ1n) is 12.1. The Hall–Kier alpha value is -3.46. The summed E-state index contributed by atoms with van der Waals surface area (Å²) in [7, 11) is 1.38. The van der Waals surface area contributed by atoms with Gasteiger partial charge >= 0.3 is 5.97 Å². The Balaban J connectivity index is 1.72. The molecule has 8 nitrogen and oxygen atoms in total. The second-order valence-corrected chi connectivity index (χ2v) is 9.55. The number of aromatic nitrogens is 3. The van der Waals surface area contributed by atoms with Crippen molar-refractivity contribution in [1.29, 1.82) is 0 Å². The highest BCUT2D eigenvalue weighted by atomic mass is 32.2. The number of carbonyl (C=O) groups excluding carboxylic acids is 1. The number of allylic oxidation sites excluding steroid dienone is 1. The van der Waals surface area contributed by atoms with E-state index in [4.69, 9.17) is 19.3 Å². The fraction of sp³-hybridized carbons (Fsp3) is 0.370. The van der Waals surface area contributed by atoms with Gasteiger partial charge in [-0.3, -0.25) is 0 Å². The van der Waals surface area contributed by atoms with E-state index in [1.54, 1.807) is 16.4 Å². The lowest BCUT2D eigenvalue weighted by Gasteiger charge is -2.28. The van der Waals surface area contributed by atoms with Gasteiger partial charge in [-0.15, -0.1) is 5.10 Å². The van der Waals surface area contributed by atoms with Crippen LogP contribution in [-0.4, -0.2) is 40.2 Å². The molecule has 1 aromatic heterocycles. The lowest BCUT2D eigenvalue weighted by molar-refractivity contribution is -0.136. The molecule has 36 heavy (non-hydrogen) atoms. The van der Waals surface area contributed by atoms with Crippen molar-refractivity contribution in [2.45, 2.75) is 51.9 Å². The Morgan fingerprint density at radius 2 is 1.94 bits per heavy atom. The van der Waals surface area contributed by atoms with Crippen molar-refractivity contribution in [2.75, 3.05) is 24.8 Å². The number of anilines is 1. The molecule has 4 rings (SSSR count). The first-order valence-corrected chi connectivity index (χ1v) is 13.0. The molecule has 190 valence electrons. The summed E-state index contributed by atoms with van der Waals surface area (Å²) in [5.74, 6) is 2.30. The van der Waals surface area contributed by atoms with Gasteiger partial charge in [-0.25, -0.2) is 9.48 Å². The highest BCUT2D eigenvalue weighted by molar-refractivity contribution is 7.99. The number of carbonyl (C=O) groups is 1. The van der Waals surface area contributed by atoms with Gasteiger partial charge < -0.3 is 19.5 Å². The van der Waals surface area contributed by atoms with E-state index < -0.39 is 12.0 Å². The van der Waals surface area contributed by atoms with Crippen LogP contribution in [0.3, 0.4) is 0 Å². The average Bonchev–Trinajstić information content (AvgIpc) is 3.28. The summed E-state index contributed by atoms with van der Waals surface area (Å²) < 4.78 is 19.0. The fourth-order valence-corrected chi connectivity index (χ4v) is 4.80. The second-order valence-electron chi connectivity index (χ2n) is 8.49. The van der Waals surface area contributed by atoms with E-state index in [1.807, 2.05) is 44.2 Å². The molecule has 1 N–H and O–H groups in total. The average molecular weight is 509 g/mol. The number of esters is 1. The Morgan fingerprint density at radius 3 is 2.67 bits per heavy atom. The predicted molar refractivity (Wildman–Crippen MR) is 141 cm³/mol. The van der Waals surface area contributed by atoms with Crippen molar-refractivity contribution in [3.63, 3.8) is 0 Å². The molecular weight excluding hydrogens is 476 g/mol. The maximum atomic E-state index is 12.9. The molecule has 3 aromatic rings. The van der Waals surface area contributed by atoms with Gasteiger partial charge in [0, 0.05) is 11.4 Å². The summed E-state index contributed by atoms with van der Waals surface area (Å²) in [4.78, 5) is 17.5. The van der Waals surface area contributed by atoms with E-state index in [9.17, 15) is 4.79 Å². The largest absolute Gasteiger partial charge is 0.490 e. The van der Waals surface area contributed by atoms with E-state index >= 15 is 0 Å². The third-order valence-electron chi connectivity index (χ3n) is 5.73. The Labute approximate surface area is 216 Å². The summed E-state index contributed by atoms with van der Waals surface area (Å²) in [6, 6.07) is 13.4. The van der Waals surface area contributed by atoms with E-state index in [-0.39, 0.29) is 0 Å². The van der Waals surface area contributed by atoms with E-state index in [0.717, 1.165) is 23.3 Å². The van der Waals surface area contributed by atoms with Crippen LogP contribution < -0.4 is 14.8 Å². The maximum Gasteiger partial charge on any atom is 0.338 e. The van der Waals surface area contributed by atoms with Crippen LogP contribution in [-0.2, 0) is 16.1 Å². The number of methoxy groups -OCH3 is 1. The van der Waals surface area contributed by atoms with Gasteiger partial charge in [0.2, 0.25) is 11.1 Å². The van der Waals surface area contributed by atoms with Gasteiger partial charge in [0.25, 0.3) is 0 Å². The number of aryl methyl sites for hydroxylation is 1. The topological polar surface area (TPSA) is 87.5 Å². The standard InChI is InChI=1S/C27H32N4O4S/c1-6-13-36-27-29-26-28-18(4)23(25(32)33-5)24(31(26)30-27)20-11-12-21(22(15-20)34-7-2)35-16-19-10-8-9-17(3)14-19/h8-12,14-15,24H,6-7,13,16H2,1-5H3,(H,28,29,30). The fourth-order valence-electron chi connectivity index (χ4n) is 4.11. The summed E-state index contributed by atoms with van der Waals surface area (Å²) in [5.41, 5.74) is 4.23. The molecule has 0 spiro atoms. The number of rotatable bonds is 10. The second kappa shape index (κ2) is 11.5. The number of nitrogens with zero attached hydrogens (tertiary/aromatic N) is 3. The first kappa shape index (κ1) is 25.6. The van der Waals surface area contributed by atoms with Crippen LogP contribution in [0.15, 0.2) is 58.9 Å². The van der Waals surface area contributed by atoms with Crippen LogP contribution in [0.25, 0.3) is 0 Å². The normalized spacial score (nSPS) is 14.8. The van der Waals surface area contributed by atoms with Crippen molar-refractivity contribution in [3.05, 3.63) is 70.4 Å². The molecule has 2 aromatic carbocycles. The molecule has 2 heterocycles. The summed E-state index contributed by atoms with van der Waals surface area (Å²) in [6.45, 7) is 8.84. The summed E-state index contributed by atoms with van der Waals surface area (Å²) >= 11 is 1.58. The predicted octanol–water partition coefficient (Wildman–Crippen LogP) is 5.53. The van der Waals surface area contributed by atoms with Gasteiger partial charge in [-0.1, -0.05) is 54.6 Å². The molecule has 1 aliphatic rings. The maximum absolute atomic E-state index is 12.9. The third-order valence-corrected chi connectivity index (χ3v) is 6.78. The zero-order chi connectivity index (χ0) is 25.7. The zero-order valence-corrected chi connectivity index (χ0v) is 22.1. The number of hydrogen-bond acceptors (Lipinski definition) is 8. The number of thioether (sulfide) groups is 1. The van der Waals surface area contributed by atoms with Crippen LogP contribution >= 0.6 is 11.8 Å². The van der Waals surface area contributed by atoms with Crippen molar-refractivity contribution < 1.29 is 19.0 Å². The third kappa shape index (κ3) is 5.51. The van der Waals surface area contributed by atoms with Gasteiger partial charge in [0.15, 0.2) is 11.5 Å². The molecule has 0 radical (unpaired) electrons. The van der Waals surface area contributed by atoms with E-state index in [0.29, 0.717) is 47.1 Å². The van der Waals surface area contributed by atoms with E-state index in [1.165, 1.54) is 12.7 Å². The number of fused-ring (bicyclic) bond motifs is 1. The van der Waals surface area contributed by atoms with Gasteiger partial charge in [-0.05, 0) is 50.5 Å². The molecule has 1 unspecified atom stereocenters. The van der Waals surface area contributed by atoms with Crippen LogP contribution in [0.2, 0.25) is 0 Å². The number of ether oxygens (including phenoxy) is 3. The summed E-state index contributed by atoms with van der Waals surface area (Å²) in [5, 5.41) is 8.60. The van der Waals surface area contributed by atoms with E-state index in [2.05, 4.69) is 36.3 Å².